The number of amides is 1. The lowest BCUT2D eigenvalue weighted by Gasteiger charge is -2.47. The number of carboxylic acids is 1. The second-order valence-electron chi connectivity index (χ2n) is 13.1. The zero-order chi connectivity index (χ0) is 37.0. The van der Waals surface area contributed by atoms with Crippen molar-refractivity contribution in [2.24, 2.45) is 27.2 Å². The van der Waals surface area contributed by atoms with E-state index in [2.05, 4.69) is 30.1 Å². The number of nitrogens with zero attached hydrogens (tertiary/aromatic N) is 10. The summed E-state index contributed by atoms with van der Waals surface area (Å²) in [5.41, 5.74) is 29.9. The van der Waals surface area contributed by atoms with Gasteiger partial charge >= 0.3 is 18.0 Å². The number of hydrogen-bond acceptors (Lipinski definition) is 10. The van der Waals surface area contributed by atoms with Gasteiger partial charge in [-0.15, -0.1) is 0 Å². The van der Waals surface area contributed by atoms with E-state index in [1.165, 1.54) is 0 Å². The highest BCUT2D eigenvalue weighted by Gasteiger charge is 2.51. The molecule has 1 amide bonds. The molecule has 5 rings (SSSR count). The average molecular weight is 717 g/mol. The van der Waals surface area contributed by atoms with Crippen molar-refractivity contribution in [3.05, 3.63) is 103 Å². The van der Waals surface area contributed by atoms with Crippen molar-refractivity contribution in [1.82, 2.24) is 4.90 Å². The van der Waals surface area contributed by atoms with Crippen molar-refractivity contribution >= 4 is 18.0 Å². The first-order valence-electron chi connectivity index (χ1n) is 17.1. The topological polar surface area (TPSA) is 258 Å². The molecule has 0 spiro atoms. The number of esters is 1. The first kappa shape index (κ1) is 37.7. The smallest absolute Gasteiger partial charge is 0.410 e. The van der Waals surface area contributed by atoms with Gasteiger partial charge in [0.05, 0.1) is 30.7 Å². The fourth-order valence-electron chi connectivity index (χ4n) is 7.16. The van der Waals surface area contributed by atoms with E-state index in [9.17, 15) is 36.1 Å². The number of azide groups is 3. The number of carbonyl (C=O) groups is 3. The Kier molecular flexibility index (Phi) is 13.2. The third-order valence-electron chi connectivity index (χ3n) is 9.56. The van der Waals surface area contributed by atoms with Gasteiger partial charge in [0.2, 0.25) is 0 Å². The average Bonchev–Trinajstić information content (AvgIpc) is 3.97. The minimum Gasteiger partial charge on any atom is -0.481 e. The number of hydrogen-bond donors (Lipinski definition) is 1. The van der Waals surface area contributed by atoms with Crippen LogP contribution >= 0.6 is 0 Å². The molecule has 2 saturated carbocycles. The largest absolute Gasteiger partial charge is 0.481 e. The molecule has 1 unspecified atom stereocenters. The Morgan fingerprint density at radius 3 is 2.08 bits per heavy atom. The molecule has 2 aromatic rings. The minimum atomic E-state index is -1.34. The van der Waals surface area contributed by atoms with E-state index in [0.717, 1.165) is 30.9 Å². The summed E-state index contributed by atoms with van der Waals surface area (Å²) in [6.45, 7) is 1.42. The summed E-state index contributed by atoms with van der Waals surface area (Å²) in [7, 11) is 0. The Morgan fingerprint density at radius 1 is 0.865 bits per heavy atom. The summed E-state index contributed by atoms with van der Waals surface area (Å²) < 4.78 is 24.5. The lowest BCUT2D eigenvalue weighted by molar-refractivity contribution is -0.260. The molecule has 0 radical (unpaired) electrons. The van der Waals surface area contributed by atoms with Crippen molar-refractivity contribution in [1.29, 1.82) is 0 Å². The summed E-state index contributed by atoms with van der Waals surface area (Å²) in [4.78, 5) is 48.6. The van der Waals surface area contributed by atoms with E-state index in [4.69, 9.17) is 18.9 Å². The molecule has 18 heteroatoms. The Morgan fingerprint density at radius 2 is 1.48 bits per heavy atom. The van der Waals surface area contributed by atoms with Gasteiger partial charge in [0.1, 0.15) is 18.8 Å². The normalized spacial score (nSPS) is 27.3. The standard InChI is InChI=1S/C34H40N10O8/c1-20(45)50-31-24(16-29(46)47)26(39-42-36)17-27(40-43-37)32(31)52-33-25(38-41-35)14-15-28(51-33)30(23-12-13-23)44(18-21-8-4-2-5-9-21)34(48)49-19-22-10-6-3-7-11-22/h2-11,23-28,30-33H,12-19H2,1H3,(H,46,47)/t24-,25?,26+,27-,28-,30+,31-,32+,33+/m0/s1. The van der Waals surface area contributed by atoms with Crippen LogP contribution in [0.1, 0.15) is 56.6 Å². The van der Waals surface area contributed by atoms with Gasteiger partial charge in [-0.05, 0) is 65.7 Å². The number of rotatable bonds is 15. The molecule has 1 saturated heterocycles. The summed E-state index contributed by atoms with van der Waals surface area (Å²) >= 11 is 0. The lowest BCUT2D eigenvalue weighted by atomic mass is 9.76. The van der Waals surface area contributed by atoms with Crippen molar-refractivity contribution in [2.75, 3.05) is 0 Å². The van der Waals surface area contributed by atoms with Crippen LogP contribution in [-0.2, 0) is 41.7 Å². The monoisotopic (exact) mass is 716 g/mol. The Bertz CT molecular complexity index is 1700. The van der Waals surface area contributed by atoms with Crippen molar-refractivity contribution in [2.45, 2.75) is 107 Å². The van der Waals surface area contributed by atoms with Crippen LogP contribution < -0.4 is 0 Å². The molecule has 18 nitrogen and oxygen atoms in total. The number of carboxylic acid groups (broad SMARTS) is 1. The summed E-state index contributed by atoms with van der Waals surface area (Å²) in [6, 6.07) is 15.3. The van der Waals surface area contributed by atoms with Crippen LogP contribution in [0.5, 0.6) is 0 Å². The highest BCUT2D eigenvalue weighted by molar-refractivity contribution is 5.69. The molecule has 2 aliphatic carbocycles. The van der Waals surface area contributed by atoms with Crippen LogP contribution in [-0.4, -0.2) is 76.8 Å². The molecule has 2 aromatic carbocycles. The molecule has 3 aliphatic rings. The highest BCUT2D eigenvalue weighted by Crippen LogP contribution is 2.43. The molecule has 1 aliphatic heterocycles. The summed E-state index contributed by atoms with van der Waals surface area (Å²) in [6.07, 6.45) is -3.38. The van der Waals surface area contributed by atoms with E-state index < -0.39 is 79.1 Å². The zero-order valence-corrected chi connectivity index (χ0v) is 28.5. The fourth-order valence-corrected chi connectivity index (χ4v) is 7.16. The Balaban J connectivity index is 1.47. The first-order chi connectivity index (χ1) is 25.2. The molecule has 0 bridgehead atoms. The maximum absolute atomic E-state index is 13.9. The van der Waals surface area contributed by atoms with Gasteiger partial charge in [-0.3, -0.25) is 14.5 Å². The van der Waals surface area contributed by atoms with E-state index in [1.54, 1.807) is 4.90 Å². The SMILES string of the molecule is CC(=O)O[C@H]1[C@@H](CC(=O)O)[C@H](N=[N+]=[N-])C[C@H](N=[N+]=[N-])[C@H]1O[C@H]1O[C@H]([C@@H](C2CC2)N(Cc2ccccc2)C(=O)OCc2ccccc2)CCC1N=[N+]=[N-]. The summed E-state index contributed by atoms with van der Waals surface area (Å²) in [5, 5.41) is 21.2. The number of benzene rings is 2. The molecule has 52 heavy (non-hydrogen) atoms. The zero-order valence-electron chi connectivity index (χ0n) is 28.5. The van der Waals surface area contributed by atoms with E-state index in [-0.39, 0.29) is 31.9 Å². The number of aliphatic carboxylic acids is 1. The molecule has 3 fully saturated rings. The molecule has 0 aromatic heterocycles. The van der Waals surface area contributed by atoms with Crippen LogP contribution in [0.15, 0.2) is 76.0 Å². The van der Waals surface area contributed by atoms with Gasteiger partial charge < -0.3 is 24.1 Å². The maximum Gasteiger partial charge on any atom is 0.410 e. The molecular formula is C34H40N10O8. The first-order valence-corrected chi connectivity index (χ1v) is 17.1. The van der Waals surface area contributed by atoms with Gasteiger partial charge in [0.15, 0.2) is 6.29 Å². The molecule has 274 valence electrons. The Labute approximate surface area is 298 Å². The van der Waals surface area contributed by atoms with Crippen LogP contribution in [0.2, 0.25) is 0 Å². The molecule has 1 heterocycles. The van der Waals surface area contributed by atoms with Crippen molar-refractivity contribution < 1.29 is 38.4 Å². The number of carbonyl (C=O) groups excluding carboxylic acids is 2. The van der Waals surface area contributed by atoms with E-state index in [1.807, 2.05) is 60.7 Å². The quantitative estimate of drug-likeness (QED) is 0.0869. The third-order valence-corrected chi connectivity index (χ3v) is 9.56. The van der Waals surface area contributed by atoms with Crippen LogP contribution in [0.3, 0.4) is 0 Å². The molecule has 9 atom stereocenters. The van der Waals surface area contributed by atoms with Crippen LogP contribution in [0, 0.1) is 11.8 Å². The predicted molar refractivity (Wildman–Crippen MR) is 183 cm³/mol. The molecular weight excluding hydrogens is 676 g/mol. The maximum atomic E-state index is 13.9. The van der Waals surface area contributed by atoms with Crippen LogP contribution in [0.25, 0.3) is 31.3 Å². The van der Waals surface area contributed by atoms with Gasteiger partial charge in [-0.25, -0.2) is 4.79 Å². The second-order valence-corrected chi connectivity index (χ2v) is 13.1. The number of ether oxygens (including phenoxy) is 4. The minimum absolute atomic E-state index is 0.0624. The van der Waals surface area contributed by atoms with Crippen LogP contribution in [0.4, 0.5) is 4.79 Å². The van der Waals surface area contributed by atoms with E-state index in [0.29, 0.717) is 6.42 Å². The van der Waals surface area contributed by atoms with Gasteiger partial charge in [-0.1, -0.05) is 76.0 Å². The van der Waals surface area contributed by atoms with Crippen molar-refractivity contribution in [3.8, 4) is 0 Å². The van der Waals surface area contributed by atoms with E-state index >= 15 is 0 Å². The Hall–Kier alpha value is -5.50. The highest BCUT2D eigenvalue weighted by atomic mass is 16.7. The van der Waals surface area contributed by atoms with Gasteiger partial charge in [-0.2, -0.15) is 0 Å². The third kappa shape index (κ3) is 9.84. The second kappa shape index (κ2) is 18.1. The van der Waals surface area contributed by atoms with Crippen molar-refractivity contribution in [3.63, 3.8) is 0 Å². The van der Waals surface area contributed by atoms with Gasteiger partial charge in [0, 0.05) is 40.2 Å². The predicted octanol–water partition coefficient (Wildman–Crippen LogP) is 6.96. The fraction of sp³-hybridized carbons (Fsp3) is 0.559. The lowest BCUT2D eigenvalue weighted by Crippen LogP contribution is -2.58. The summed E-state index contributed by atoms with van der Waals surface area (Å²) in [5.74, 6) is -3.00. The van der Waals surface area contributed by atoms with Gasteiger partial charge in [0.25, 0.3) is 0 Å². The molecule has 1 N–H and O–H groups in total.